The van der Waals surface area contributed by atoms with Crippen LogP contribution >= 0.6 is 0 Å². The highest BCUT2D eigenvalue weighted by Crippen LogP contribution is 2.30. The van der Waals surface area contributed by atoms with Crippen LogP contribution in [0, 0.1) is 0 Å². The molecule has 2 rings (SSSR count). The molecule has 9 heteroatoms. The highest BCUT2D eigenvalue weighted by Gasteiger charge is 2.31. The smallest absolute Gasteiger partial charge is 0.343 e. The van der Waals surface area contributed by atoms with Crippen LogP contribution in [0.1, 0.15) is 24.8 Å². The van der Waals surface area contributed by atoms with Gasteiger partial charge in [-0.05, 0) is 31.0 Å². The third-order valence-electron chi connectivity index (χ3n) is 3.54. The molecule has 1 heterocycles. The molecule has 0 aromatic heterocycles. The fourth-order valence-electron chi connectivity index (χ4n) is 2.34. The SMILES string of the molecule is O=C1CCCN1CCCNS(=O)(=O)c1cccc(C(F)(F)F)c1. The van der Waals surface area contributed by atoms with Crippen LogP contribution in [0.5, 0.6) is 0 Å². The number of likely N-dealkylation sites (tertiary alicyclic amines) is 1. The molecule has 0 atom stereocenters. The van der Waals surface area contributed by atoms with Gasteiger partial charge >= 0.3 is 6.18 Å². The number of halogens is 3. The average molecular weight is 350 g/mol. The van der Waals surface area contributed by atoms with Crippen molar-refractivity contribution in [2.24, 2.45) is 0 Å². The highest BCUT2D eigenvalue weighted by atomic mass is 32.2. The summed E-state index contributed by atoms with van der Waals surface area (Å²) in [4.78, 5) is 12.6. The van der Waals surface area contributed by atoms with E-state index in [1.165, 1.54) is 0 Å². The molecule has 1 aliphatic rings. The summed E-state index contributed by atoms with van der Waals surface area (Å²) in [5, 5.41) is 0. The minimum atomic E-state index is -4.60. The Labute approximate surface area is 132 Å². The van der Waals surface area contributed by atoms with Gasteiger partial charge in [0.15, 0.2) is 0 Å². The lowest BCUT2D eigenvalue weighted by Gasteiger charge is -2.15. The second-order valence-corrected chi connectivity index (χ2v) is 7.03. The molecule has 0 bridgehead atoms. The van der Waals surface area contributed by atoms with E-state index < -0.39 is 26.7 Å². The maximum atomic E-state index is 12.6. The summed E-state index contributed by atoms with van der Waals surface area (Å²) in [6.45, 7) is 1.16. The number of rotatable bonds is 6. The number of nitrogens with zero attached hydrogens (tertiary/aromatic N) is 1. The number of carbonyl (C=O) groups is 1. The molecule has 1 aromatic rings. The lowest BCUT2D eigenvalue weighted by Crippen LogP contribution is -2.30. The summed E-state index contributed by atoms with van der Waals surface area (Å²) in [6, 6.07) is 3.59. The summed E-state index contributed by atoms with van der Waals surface area (Å²) in [7, 11) is -4.01. The average Bonchev–Trinajstić information content (AvgIpc) is 2.88. The Hall–Kier alpha value is -1.61. The second-order valence-electron chi connectivity index (χ2n) is 5.26. The lowest BCUT2D eigenvalue weighted by molar-refractivity contribution is -0.137. The maximum Gasteiger partial charge on any atom is 0.416 e. The molecule has 0 unspecified atom stereocenters. The Balaban J connectivity index is 1.92. The van der Waals surface area contributed by atoms with Crippen LogP contribution in [0.2, 0.25) is 0 Å². The zero-order chi connectivity index (χ0) is 17.1. The standard InChI is InChI=1S/C14H17F3N2O3S/c15-14(16,17)11-4-1-5-12(10-11)23(21,22)18-7-3-9-19-8-2-6-13(19)20/h1,4-5,10,18H,2-3,6-9H2. The van der Waals surface area contributed by atoms with Crippen molar-refractivity contribution in [2.45, 2.75) is 30.3 Å². The minimum absolute atomic E-state index is 0.0470. The number of alkyl halides is 3. The van der Waals surface area contributed by atoms with Gasteiger partial charge in [0.25, 0.3) is 0 Å². The number of sulfonamides is 1. The zero-order valence-electron chi connectivity index (χ0n) is 12.3. The number of nitrogens with one attached hydrogen (secondary N) is 1. The topological polar surface area (TPSA) is 66.5 Å². The molecule has 23 heavy (non-hydrogen) atoms. The molecule has 0 radical (unpaired) electrons. The van der Waals surface area contributed by atoms with Crippen LogP contribution in [0.3, 0.4) is 0 Å². The van der Waals surface area contributed by atoms with E-state index in [4.69, 9.17) is 0 Å². The molecule has 5 nitrogen and oxygen atoms in total. The van der Waals surface area contributed by atoms with Gasteiger partial charge in [0.1, 0.15) is 0 Å². The number of hydrogen-bond acceptors (Lipinski definition) is 3. The molecule has 0 spiro atoms. The van der Waals surface area contributed by atoms with Crippen LogP contribution < -0.4 is 4.72 Å². The predicted molar refractivity (Wildman–Crippen MR) is 77.1 cm³/mol. The third-order valence-corrected chi connectivity index (χ3v) is 5.00. The Kier molecular flexibility index (Phi) is 5.30. The van der Waals surface area contributed by atoms with Gasteiger partial charge in [0.05, 0.1) is 10.5 Å². The van der Waals surface area contributed by atoms with Gasteiger partial charge < -0.3 is 4.90 Å². The first-order valence-electron chi connectivity index (χ1n) is 7.15. The van der Waals surface area contributed by atoms with Gasteiger partial charge in [0.2, 0.25) is 15.9 Å². The van der Waals surface area contributed by atoms with Crippen LogP contribution in [0.15, 0.2) is 29.2 Å². The molecule has 1 N–H and O–H groups in total. The van der Waals surface area contributed by atoms with Crippen molar-refractivity contribution in [1.29, 1.82) is 0 Å². The van der Waals surface area contributed by atoms with Crippen LogP contribution in [-0.2, 0) is 21.0 Å². The molecule has 0 saturated carbocycles. The molecule has 1 aromatic carbocycles. The van der Waals surface area contributed by atoms with E-state index in [1.807, 2.05) is 0 Å². The van der Waals surface area contributed by atoms with Crippen LogP contribution in [0.25, 0.3) is 0 Å². The van der Waals surface area contributed by atoms with Crippen molar-refractivity contribution >= 4 is 15.9 Å². The maximum absolute atomic E-state index is 12.6. The van der Waals surface area contributed by atoms with Gasteiger partial charge in [-0.2, -0.15) is 13.2 Å². The molecule has 128 valence electrons. The summed E-state index contributed by atoms with van der Waals surface area (Å²) >= 11 is 0. The molecule has 0 aliphatic carbocycles. The predicted octanol–water partition coefficient (Wildman–Crippen LogP) is 2.00. The third kappa shape index (κ3) is 4.68. The van der Waals surface area contributed by atoms with Crippen molar-refractivity contribution < 1.29 is 26.4 Å². The molecular formula is C14H17F3N2O3S. The Bertz CT molecular complexity index is 674. The molecule has 1 saturated heterocycles. The quantitative estimate of drug-likeness (QED) is 0.798. The van der Waals surface area contributed by atoms with Crippen LogP contribution in [-0.4, -0.2) is 38.9 Å². The van der Waals surface area contributed by atoms with Crippen molar-refractivity contribution in [3.05, 3.63) is 29.8 Å². The largest absolute Gasteiger partial charge is 0.416 e. The number of hydrogen-bond donors (Lipinski definition) is 1. The zero-order valence-corrected chi connectivity index (χ0v) is 13.1. The van der Waals surface area contributed by atoms with E-state index in [1.54, 1.807) is 4.90 Å². The van der Waals surface area contributed by atoms with Gasteiger partial charge in [-0.25, -0.2) is 13.1 Å². The summed E-state index contributed by atoms with van der Waals surface area (Å²) in [5.74, 6) is 0.0470. The van der Waals surface area contributed by atoms with Gasteiger partial charge in [-0.3, -0.25) is 4.79 Å². The van der Waals surface area contributed by atoms with E-state index in [0.29, 0.717) is 32.0 Å². The van der Waals surface area contributed by atoms with E-state index in [-0.39, 0.29) is 12.5 Å². The van der Waals surface area contributed by atoms with Gasteiger partial charge in [-0.15, -0.1) is 0 Å². The Morgan fingerprint density at radius 1 is 1.26 bits per heavy atom. The van der Waals surface area contributed by atoms with Crippen molar-refractivity contribution in [1.82, 2.24) is 9.62 Å². The van der Waals surface area contributed by atoms with Gasteiger partial charge in [-0.1, -0.05) is 6.07 Å². The molecular weight excluding hydrogens is 333 g/mol. The first-order chi connectivity index (χ1) is 10.7. The molecule has 1 aliphatic heterocycles. The normalized spacial score (nSPS) is 16.1. The van der Waals surface area contributed by atoms with Gasteiger partial charge in [0, 0.05) is 26.1 Å². The van der Waals surface area contributed by atoms with E-state index in [2.05, 4.69) is 4.72 Å². The minimum Gasteiger partial charge on any atom is -0.343 e. The van der Waals surface area contributed by atoms with Crippen molar-refractivity contribution in [3.8, 4) is 0 Å². The fourth-order valence-corrected chi connectivity index (χ4v) is 3.46. The molecule has 1 amide bonds. The molecule has 1 fully saturated rings. The number of benzene rings is 1. The van der Waals surface area contributed by atoms with Crippen molar-refractivity contribution in [3.63, 3.8) is 0 Å². The van der Waals surface area contributed by atoms with E-state index >= 15 is 0 Å². The lowest BCUT2D eigenvalue weighted by atomic mass is 10.2. The second kappa shape index (κ2) is 6.88. The number of carbonyl (C=O) groups excluding carboxylic acids is 1. The Morgan fingerprint density at radius 2 is 2.00 bits per heavy atom. The first-order valence-corrected chi connectivity index (χ1v) is 8.63. The van der Waals surface area contributed by atoms with E-state index in [9.17, 15) is 26.4 Å². The van der Waals surface area contributed by atoms with Crippen LogP contribution in [0.4, 0.5) is 13.2 Å². The summed E-state index contributed by atoms with van der Waals surface area (Å²) in [5.41, 5.74) is -1.01. The number of amides is 1. The summed E-state index contributed by atoms with van der Waals surface area (Å²) in [6.07, 6.45) is -2.88. The van der Waals surface area contributed by atoms with E-state index in [0.717, 1.165) is 24.6 Å². The Morgan fingerprint density at radius 3 is 2.61 bits per heavy atom. The fraction of sp³-hybridized carbons (Fsp3) is 0.500. The first kappa shape index (κ1) is 17.7. The highest BCUT2D eigenvalue weighted by molar-refractivity contribution is 7.89. The monoisotopic (exact) mass is 350 g/mol. The summed E-state index contributed by atoms with van der Waals surface area (Å²) < 4.78 is 64.1. The van der Waals surface area contributed by atoms with Crippen molar-refractivity contribution in [2.75, 3.05) is 19.6 Å².